The molecule has 1 heterocycles. The lowest BCUT2D eigenvalue weighted by Gasteiger charge is -1.98. The Hall–Kier alpha value is -0.0900. The van der Waals surface area contributed by atoms with Crippen molar-refractivity contribution in [2.24, 2.45) is 0 Å². The van der Waals surface area contributed by atoms with Crippen LogP contribution in [0.2, 0.25) is 0 Å². The fraction of sp³-hybridized carbons (Fsp3) is 0.333. The van der Waals surface area contributed by atoms with Crippen molar-refractivity contribution >= 4 is 44.0 Å². The van der Waals surface area contributed by atoms with Gasteiger partial charge in [-0.1, -0.05) is 19.9 Å². The van der Waals surface area contributed by atoms with E-state index in [-0.39, 0.29) is 0 Å². The summed E-state index contributed by atoms with van der Waals surface area (Å²) in [7, 11) is 0. The minimum absolute atomic E-state index is 1.13. The third kappa shape index (κ3) is 1.82. The summed E-state index contributed by atoms with van der Waals surface area (Å²) in [6.45, 7) is 4.43. The normalized spacial score (nSPS) is 11.1. The van der Waals surface area contributed by atoms with Crippen molar-refractivity contribution in [3.05, 3.63) is 32.2 Å². The number of aryl methyl sites for hydroxylation is 2. The molecule has 0 bridgehead atoms. The summed E-state index contributed by atoms with van der Waals surface area (Å²) in [5, 5.41) is 1.43. The van der Waals surface area contributed by atoms with Gasteiger partial charge < -0.3 is 0 Å². The molecule has 1 aromatic heterocycles. The Morgan fingerprint density at radius 1 is 1.14 bits per heavy atom. The van der Waals surface area contributed by atoms with Gasteiger partial charge in [-0.05, 0) is 58.5 Å². The Morgan fingerprint density at radius 2 is 1.93 bits per heavy atom. The van der Waals surface area contributed by atoms with E-state index in [0.29, 0.717) is 0 Å². The maximum absolute atomic E-state index is 2.45. The first kappa shape index (κ1) is 10.4. The molecule has 74 valence electrons. The maximum atomic E-state index is 2.45. The first-order chi connectivity index (χ1) is 6.74. The predicted molar refractivity (Wildman–Crippen MR) is 73.3 cm³/mol. The van der Waals surface area contributed by atoms with Gasteiger partial charge in [-0.25, -0.2) is 0 Å². The van der Waals surface area contributed by atoms with Crippen LogP contribution in [-0.2, 0) is 12.8 Å². The zero-order valence-corrected chi connectivity index (χ0v) is 11.4. The molecule has 2 heteroatoms. The Balaban J connectivity index is 2.67. The zero-order valence-electron chi connectivity index (χ0n) is 8.43. The van der Waals surface area contributed by atoms with Crippen molar-refractivity contribution in [1.29, 1.82) is 0 Å². The number of hydrogen-bond acceptors (Lipinski definition) is 1. The number of thiophene rings is 1. The number of benzene rings is 1. The van der Waals surface area contributed by atoms with Crippen LogP contribution in [0.3, 0.4) is 0 Å². The molecule has 0 aliphatic carbocycles. The van der Waals surface area contributed by atoms with Crippen LogP contribution in [0.5, 0.6) is 0 Å². The highest BCUT2D eigenvalue weighted by Gasteiger charge is 2.05. The average molecular weight is 316 g/mol. The van der Waals surface area contributed by atoms with Crippen molar-refractivity contribution in [3.63, 3.8) is 0 Å². The van der Waals surface area contributed by atoms with Gasteiger partial charge in [-0.15, -0.1) is 11.3 Å². The van der Waals surface area contributed by atoms with Gasteiger partial charge in [-0.2, -0.15) is 0 Å². The van der Waals surface area contributed by atoms with Crippen molar-refractivity contribution in [3.8, 4) is 0 Å². The van der Waals surface area contributed by atoms with E-state index in [2.05, 4.69) is 54.6 Å². The van der Waals surface area contributed by atoms with Crippen molar-refractivity contribution in [1.82, 2.24) is 0 Å². The minimum Gasteiger partial charge on any atom is -0.139 e. The minimum atomic E-state index is 1.13. The van der Waals surface area contributed by atoms with Crippen LogP contribution in [0.15, 0.2) is 18.2 Å². The Morgan fingerprint density at radius 3 is 2.57 bits per heavy atom. The summed E-state index contributed by atoms with van der Waals surface area (Å²) in [6.07, 6.45) is 2.28. The Labute approximate surface area is 102 Å². The van der Waals surface area contributed by atoms with E-state index in [1.807, 2.05) is 11.3 Å². The van der Waals surface area contributed by atoms with E-state index in [1.54, 1.807) is 0 Å². The van der Waals surface area contributed by atoms with Gasteiger partial charge in [0.25, 0.3) is 0 Å². The van der Waals surface area contributed by atoms with Gasteiger partial charge in [0, 0.05) is 13.1 Å². The molecule has 0 radical (unpaired) electrons. The molecule has 0 N–H and O–H groups in total. The molecule has 0 aliphatic heterocycles. The topological polar surface area (TPSA) is 0 Å². The third-order valence-corrected chi connectivity index (χ3v) is 4.98. The zero-order chi connectivity index (χ0) is 10.1. The van der Waals surface area contributed by atoms with Crippen molar-refractivity contribution in [2.75, 3.05) is 0 Å². The van der Waals surface area contributed by atoms with E-state index in [4.69, 9.17) is 0 Å². The second kappa shape index (κ2) is 4.19. The third-order valence-electron chi connectivity index (χ3n) is 2.44. The van der Waals surface area contributed by atoms with E-state index >= 15 is 0 Å². The first-order valence-electron chi connectivity index (χ1n) is 4.95. The molecule has 0 unspecified atom stereocenters. The molecular weight excluding hydrogens is 303 g/mol. The Kier molecular flexibility index (Phi) is 3.12. The van der Waals surface area contributed by atoms with Crippen LogP contribution in [-0.4, -0.2) is 0 Å². The fourth-order valence-electron chi connectivity index (χ4n) is 1.60. The van der Waals surface area contributed by atoms with Crippen molar-refractivity contribution in [2.45, 2.75) is 26.7 Å². The molecule has 0 amide bonds. The quantitative estimate of drug-likeness (QED) is 0.709. The van der Waals surface area contributed by atoms with Gasteiger partial charge in [0.15, 0.2) is 0 Å². The smallest absolute Gasteiger partial charge is 0.0479 e. The lowest BCUT2D eigenvalue weighted by Crippen LogP contribution is -1.80. The maximum Gasteiger partial charge on any atom is 0.0479 e. The van der Waals surface area contributed by atoms with Gasteiger partial charge >= 0.3 is 0 Å². The molecule has 0 aliphatic rings. The van der Waals surface area contributed by atoms with Crippen molar-refractivity contribution < 1.29 is 0 Å². The lowest BCUT2D eigenvalue weighted by molar-refractivity contribution is 1.14. The molecule has 0 saturated carbocycles. The predicted octanol–water partition coefficient (Wildman–Crippen LogP) is 4.63. The highest BCUT2D eigenvalue weighted by atomic mass is 127. The highest BCUT2D eigenvalue weighted by Crippen LogP contribution is 2.31. The first-order valence-corrected chi connectivity index (χ1v) is 6.85. The SMILES string of the molecule is CCc1cc(I)c2sc(CC)cc2c1. The standard InChI is InChI=1S/C12H13IS/c1-3-8-5-9-7-10(4-2)14-12(9)11(13)6-8/h5-7H,3-4H2,1-2H3. The summed E-state index contributed by atoms with van der Waals surface area (Å²) in [5.74, 6) is 0. The van der Waals surface area contributed by atoms with Gasteiger partial charge in [0.05, 0.1) is 0 Å². The van der Waals surface area contributed by atoms with E-state index in [0.717, 1.165) is 12.8 Å². The van der Waals surface area contributed by atoms with Gasteiger partial charge in [0.1, 0.15) is 0 Å². The monoisotopic (exact) mass is 316 g/mol. The summed E-state index contributed by atoms with van der Waals surface area (Å²) in [5.41, 5.74) is 1.45. The molecule has 2 aromatic rings. The summed E-state index contributed by atoms with van der Waals surface area (Å²) < 4.78 is 2.86. The Bertz CT molecular complexity index is 457. The van der Waals surface area contributed by atoms with Crippen LogP contribution in [0, 0.1) is 3.57 Å². The summed E-state index contributed by atoms with van der Waals surface area (Å²) >= 11 is 4.38. The number of fused-ring (bicyclic) bond motifs is 1. The van der Waals surface area contributed by atoms with Gasteiger partial charge in [-0.3, -0.25) is 0 Å². The van der Waals surface area contributed by atoms with E-state index in [9.17, 15) is 0 Å². The number of halogens is 1. The van der Waals surface area contributed by atoms with Crippen LogP contribution in [0.4, 0.5) is 0 Å². The largest absolute Gasteiger partial charge is 0.139 e. The molecule has 0 saturated heterocycles. The molecule has 1 aromatic carbocycles. The number of hydrogen-bond donors (Lipinski definition) is 0. The van der Waals surface area contributed by atoms with Crippen LogP contribution >= 0.6 is 33.9 Å². The van der Waals surface area contributed by atoms with E-state index < -0.39 is 0 Å². The molecule has 14 heavy (non-hydrogen) atoms. The lowest BCUT2D eigenvalue weighted by atomic mass is 10.1. The molecule has 0 nitrogen and oxygen atoms in total. The van der Waals surface area contributed by atoms with Gasteiger partial charge in [0.2, 0.25) is 0 Å². The fourth-order valence-corrected chi connectivity index (χ4v) is 3.63. The molecule has 2 rings (SSSR count). The second-order valence-corrected chi connectivity index (χ2v) is 5.71. The molecule has 0 fully saturated rings. The highest BCUT2D eigenvalue weighted by molar-refractivity contribution is 14.1. The van der Waals surface area contributed by atoms with Crippen LogP contribution in [0.1, 0.15) is 24.3 Å². The van der Waals surface area contributed by atoms with Crippen LogP contribution < -0.4 is 0 Å². The number of rotatable bonds is 2. The molecular formula is C12H13IS. The summed E-state index contributed by atoms with van der Waals surface area (Å²) in [4.78, 5) is 1.49. The molecule has 0 atom stereocenters. The second-order valence-electron chi connectivity index (χ2n) is 3.42. The average Bonchev–Trinajstić information content (AvgIpc) is 2.61. The summed E-state index contributed by atoms with van der Waals surface area (Å²) in [6, 6.07) is 6.97. The molecule has 0 spiro atoms. The van der Waals surface area contributed by atoms with Crippen LogP contribution in [0.25, 0.3) is 10.1 Å². The van der Waals surface area contributed by atoms with E-state index in [1.165, 1.54) is 24.1 Å².